The van der Waals surface area contributed by atoms with E-state index in [1.54, 1.807) is 24.6 Å². The highest BCUT2D eigenvalue weighted by molar-refractivity contribution is 7.09. The second-order valence-electron chi connectivity index (χ2n) is 7.37. The molecular weight excluding hydrogens is 415 g/mol. The van der Waals surface area contributed by atoms with Gasteiger partial charge in [-0.15, -0.1) is 11.3 Å². The first-order valence-corrected chi connectivity index (χ1v) is 11.1. The smallest absolute Gasteiger partial charge is 0.271 e. The van der Waals surface area contributed by atoms with Crippen LogP contribution < -0.4 is 15.0 Å². The molecule has 0 unspecified atom stereocenters. The van der Waals surface area contributed by atoms with Gasteiger partial charge < -0.3 is 15.0 Å². The standard InChI is InChI=1S/C23H25FN4O2S/c1-30-21-8-3-2-7-20(21)28-11-9-27(10-12-28)15-22-26-19(16-31-22)23(29)25-14-17-5-4-6-18(24)13-17/h2-8,13,16H,9-12,14-15H2,1H3,(H,25,29). The van der Waals surface area contributed by atoms with Gasteiger partial charge >= 0.3 is 0 Å². The quantitative estimate of drug-likeness (QED) is 0.609. The fourth-order valence-corrected chi connectivity index (χ4v) is 4.45. The summed E-state index contributed by atoms with van der Waals surface area (Å²) in [5, 5.41) is 5.50. The van der Waals surface area contributed by atoms with Gasteiger partial charge in [0.15, 0.2) is 0 Å². The predicted molar refractivity (Wildman–Crippen MR) is 120 cm³/mol. The molecule has 0 bridgehead atoms. The fraction of sp³-hybridized carbons (Fsp3) is 0.304. The summed E-state index contributed by atoms with van der Waals surface area (Å²) in [6, 6.07) is 14.3. The largest absolute Gasteiger partial charge is 0.495 e. The lowest BCUT2D eigenvalue weighted by atomic mass is 10.2. The van der Waals surface area contributed by atoms with E-state index >= 15 is 0 Å². The van der Waals surface area contributed by atoms with Crippen LogP contribution in [0.3, 0.4) is 0 Å². The van der Waals surface area contributed by atoms with Gasteiger partial charge in [0.05, 0.1) is 19.3 Å². The minimum Gasteiger partial charge on any atom is -0.495 e. The van der Waals surface area contributed by atoms with Gasteiger partial charge in [-0.1, -0.05) is 24.3 Å². The molecule has 1 aromatic heterocycles. The maximum Gasteiger partial charge on any atom is 0.271 e. The molecule has 0 radical (unpaired) electrons. The number of rotatable bonds is 7. The molecule has 162 valence electrons. The number of para-hydroxylation sites is 2. The van der Waals surface area contributed by atoms with Crippen LogP contribution in [-0.2, 0) is 13.1 Å². The lowest BCUT2D eigenvalue weighted by molar-refractivity contribution is 0.0946. The molecular formula is C23H25FN4O2S. The van der Waals surface area contributed by atoms with E-state index in [4.69, 9.17) is 4.74 Å². The molecule has 3 aromatic rings. The average molecular weight is 441 g/mol. The van der Waals surface area contributed by atoms with E-state index in [1.165, 1.54) is 23.5 Å². The number of ether oxygens (including phenoxy) is 1. The SMILES string of the molecule is COc1ccccc1N1CCN(Cc2nc(C(=O)NCc3cccc(F)c3)cs2)CC1. The molecule has 1 saturated heterocycles. The first-order chi connectivity index (χ1) is 15.1. The molecule has 2 aromatic carbocycles. The summed E-state index contributed by atoms with van der Waals surface area (Å²) in [7, 11) is 1.70. The Morgan fingerprint density at radius 2 is 1.97 bits per heavy atom. The maximum absolute atomic E-state index is 13.3. The number of aromatic nitrogens is 1. The summed E-state index contributed by atoms with van der Waals surface area (Å²) in [5.41, 5.74) is 2.25. The third-order valence-corrected chi connectivity index (χ3v) is 6.12. The van der Waals surface area contributed by atoms with E-state index in [-0.39, 0.29) is 18.3 Å². The lowest BCUT2D eigenvalue weighted by Gasteiger charge is -2.36. The Morgan fingerprint density at radius 1 is 1.16 bits per heavy atom. The number of methoxy groups -OCH3 is 1. The predicted octanol–water partition coefficient (Wildman–Crippen LogP) is 3.54. The fourth-order valence-electron chi connectivity index (χ4n) is 3.64. The number of carbonyl (C=O) groups excluding carboxylic acids is 1. The topological polar surface area (TPSA) is 57.7 Å². The molecule has 0 saturated carbocycles. The second kappa shape index (κ2) is 9.89. The zero-order valence-corrected chi connectivity index (χ0v) is 18.2. The zero-order valence-electron chi connectivity index (χ0n) is 17.4. The molecule has 1 amide bonds. The van der Waals surface area contributed by atoms with Crippen LogP contribution in [0.5, 0.6) is 5.75 Å². The summed E-state index contributed by atoms with van der Waals surface area (Å²) < 4.78 is 18.7. The van der Waals surface area contributed by atoms with Gasteiger partial charge in [0, 0.05) is 38.1 Å². The van der Waals surface area contributed by atoms with E-state index in [1.807, 2.05) is 18.2 Å². The average Bonchev–Trinajstić information content (AvgIpc) is 3.26. The molecule has 1 aliphatic rings. The monoisotopic (exact) mass is 440 g/mol. The summed E-state index contributed by atoms with van der Waals surface area (Å²) in [5.74, 6) is 0.339. The normalized spacial score (nSPS) is 14.5. The Hall–Kier alpha value is -2.97. The van der Waals surface area contributed by atoms with Crippen LogP contribution in [0.15, 0.2) is 53.9 Å². The van der Waals surface area contributed by atoms with Crippen molar-refractivity contribution in [3.05, 3.63) is 76.0 Å². The van der Waals surface area contributed by atoms with Crippen LogP contribution in [0.25, 0.3) is 0 Å². The second-order valence-corrected chi connectivity index (χ2v) is 8.32. The van der Waals surface area contributed by atoms with Crippen molar-refractivity contribution in [1.29, 1.82) is 0 Å². The van der Waals surface area contributed by atoms with Gasteiger partial charge in [-0.25, -0.2) is 9.37 Å². The summed E-state index contributed by atoms with van der Waals surface area (Å²) in [6.45, 7) is 4.65. The number of nitrogens with zero attached hydrogens (tertiary/aromatic N) is 3. The van der Waals surface area contributed by atoms with Crippen molar-refractivity contribution in [2.45, 2.75) is 13.1 Å². The molecule has 1 fully saturated rings. The van der Waals surface area contributed by atoms with Gasteiger partial charge in [0.25, 0.3) is 5.91 Å². The zero-order chi connectivity index (χ0) is 21.6. The highest BCUT2D eigenvalue weighted by Gasteiger charge is 2.21. The van der Waals surface area contributed by atoms with Crippen molar-refractivity contribution >= 4 is 22.9 Å². The van der Waals surface area contributed by atoms with Gasteiger partial charge in [-0.2, -0.15) is 0 Å². The molecule has 31 heavy (non-hydrogen) atoms. The molecule has 1 N–H and O–H groups in total. The summed E-state index contributed by atoms with van der Waals surface area (Å²) in [4.78, 5) is 21.6. The lowest BCUT2D eigenvalue weighted by Crippen LogP contribution is -2.46. The number of carbonyl (C=O) groups is 1. The van der Waals surface area contributed by atoms with Crippen LogP contribution in [0.4, 0.5) is 10.1 Å². The van der Waals surface area contributed by atoms with E-state index in [0.29, 0.717) is 5.69 Å². The molecule has 1 aliphatic heterocycles. The number of thiazole rings is 1. The first-order valence-electron chi connectivity index (χ1n) is 10.2. The number of piperazine rings is 1. The van der Waals surface area contributed by atoms with Crippen molar-refractivity contribution < 1.29 is 13.9 Å². The van der Waals surface area contributed by atoms with E-state index in [9.17, 15) is 9.18 Å². The number of hydrogen-bond acceptors (Lipinski definition) is 6. The van der Waals surface area contributed by atoms with Crippen molar-refractivity contribution in [2.24, 2.45) is 0 Å². The Kier molecular flexibility index (Phi) is 6.79. The summed E-state index contributed by atoms with van der Waals surface area (Å²) >= 11 is 1.49. The van der Waals surface area contributed by atoms with Gasteiger partial charge in [-0.05, 0) is 29.8 Å². The van der Waals surface area contributed by atoms with Gasteiger partial charge in [0.2, 0.25) is 0 Å². The van der Waals surface area contributed by atoms with Crippen molar-refractivity contribution in [2.75, 3.05) is 38.2 Å². The Labute approximate surface area is 185 Å². The van der Waals surface area contributed by atoms with Gasteiger partial charge in [0.1, 0.15) is 22.3 Å². The van der Waals surface area contributed by atoms with Gasteiger partial charge in [-0.3, -0.25) is 9.69 Å². The number of anilines is 1. The van der Waals surface area contributed by atoms with Crippen LogP contribution in [-0.4, -0.2) is 49.1 Å². The number of amides is 1. The first kappa shape index (κ1) is 21.3. The number of hydrogen-bond donors (Lipinski definition) is 1. The van der Waals surface area contributed by atoms with Crippen LogP contribution >= 0.6 is 11.3 Å². The molecule has 0 atom stereocenters. The van der Waals surface area contributed by atoms with E-state index in [2.05, 4.69) is 26.2 Å². The van der Waals surface area contributed by atoms with Crippen molar-refractivity contribution in [3.63, 3.8) is 0 Å². The molecule has 0 spiro atoms. The third-order valence-electron chi connectivity index (χ3n) is 5.28. The van der Waals surface area contributed by atoms with Crippen LogP contribution in [0, 0.1) is 5.82 Å². The number of halogens is 1. The van der Waals surface area contributed by atoms with Crippen LogP contribution in [0.2, 0.25) is 0 Å². The van der Waals surface area contributed by atoms with Crippen molar-refractivity contribution in [3.8, 4) is 5.75 Å². The highest BCUT2D eigenvalue weighted by atomic mass is 32.1. The van der Waals surface area contributed by atoms with E-state index < -0.39 is 0 Å². The molecule has 8 heteroatoms. The molecule has 0 aliphatic carbocycles. The Morgan fingerprint density at radius 3 is 2.74 bits per heavy atom. The third kappa shape index (κ3) is 5.39. The molecule has 6 nitrogen and oxygen atoms in total. The minimum atomic E-state index is -0.312. The molecule has 4 rings (SSSR count). The number of nitrogens with one attached hydrogen (secondary N) is 1. The molecule has 2 heterocycles. The number of benzene rings is 2. The minimum absolute atomic E-state index is 0.243. The summed E-state index contributed by atoms with van der Waals surface area (Å²) in [6.07, 6.45) is 0. The maximum atomic E-state index is 13.3. The van der Waals surface area contributed by atoms with Crippen molar-refractivity contribution in [1.82, 2.24) is 15.2 Å². The highest BCUT2D eigenvalue weighted by Crippen LogP contribution is 2.28. The Bertz CT molecular complexity index is 1030. The Balaban J connectivity index is 1.28. The van der Waals surface area contributed by atoms with E-state index in [0.717, 1.165) is 54.7 Å². The van der Waals surface area contributed by atoms with Crippen LogP contribution in [0.1, 0.15) is 21.1 Å².